The van der Waals surface area contributed by atoms with Gasteiger partial charge < -0.3 is 15.8 Å². The summed E-state index contributed by atoms with van der Waals surface area (Å²) in [6.45, 7) is 5.79. The van der Waals surface area contributed by atoms with Crippen molar-refractivity contribution in [2.45, 2.75) is 58.2 Å². The Balaban J connectivity index is 1.96. The first kappa shape index (κ1) is 17.0. The van der Waals surface area contributed by atoms with Crippen LogP contribution in [-0.4, -0.2) is 18.1 Å². The summed E-state index contributed by atoms with van der Waals surface area (Å²) in [6, 6.07) is 8.07. The molecule has 0 aromatic heterocycles. The van der Waals surface area contributed by atoms with Gasteiger partial charge in [0.25, 0.3) is 0 Å². The third-order valence-electron chi connectivity index (χ3n) is 4.60. The highest BCUT2D eigenvalue weighted by Crippen LogP contribution is 2.31. The molecule has 0 bridgehead atoms. The van der Waals surface area contributed by atoms with Crippen LogP contribution >= 0.6 is 0 Å². The minimum Gasteiger partial charge on any atom is -0.377 e. The van der Waals surface area contributed by atoms with Gasteiger partial charge in [0.1, 0.15) is 0 Å². The molecule has 1 aromatic carbocycles. The van der Waals surface area contributed by atoms with E-state index in [1.54, 1.807) is 0 Å². The number of nitrogens with two attached hydrogens (primary N) is 1. The molecule has 4 nitrogen and oxygen atoms in total. The lowest BCUT2D eigenvalue weighted by Crippen LogP contribution is -2.52. The van der Waals surface area contributed by atoms with Gasteiger partial charge in [0, 0.05) is 18.7 Å². The minimum absolute atomic E-state index is 0.0795. The van der Waals surface area contributed by atoms with Crippen molar-refractivity contribution in [3.8, 4) is 0 Å². The third kappa shape index (κ3) is 4.31. The predicted octanol–water partition coefficient (Wildman–Crippen LogP) is 2.75. The minimum atomic E-state index is -0.382. The van der Waals surface area contributed by atoms with Crippen LogP contribution < -0.4 is 11.1 Å². The molecule has 0 radical (unpaired) electrons. The third-order valence-corrected chi connectivity index (χ3v) is 4.60. The first-order chi connectivity index (χ1) is 10.5. The fraction of sp³-hybridized carbons (Fsp3) is 0.611. The highest BCUT2D eigenvalue weighted by Gasteiger charge is 2.37. The van der Waals surface area contributed by atoms with Crippen molar-refractivity contribution in [2.75, 3.05) is 6.61 Å². The number of carbonyl (C=O) groups is 1. The van der Waals surface area contributed by atoms with Crippen LogP contribution in [0.4, 0.5) is 0 Å². The van der Waals surface area contributed by atoms with E-state index in [2.05, 4.69) is 5.32 Å². The molecule has 22 heavy (non-hydrogen) atoms. The van der Waals surface area contributed by atoms with Crippen LogP contribution in [0, 0.1) is 5.92 Å². The number of nitrogens with one attached hydrogen (secondary N) is 1. The Morgan fingerprint density at radius 1 is 1.36 bits per heavy atom. The molecule has 0 saturated heterocycles. The zero-order chi connectivity index (χ0) is 16.0. The number of amides is 1. The maximum absolute atomic E-state index is 12.5. The van der Waals surface area contributed by atoms with Gasteiger partial charge in [0.2, 0.25) is 5.91 Å². The van der Waals surface area contributed by atoms with Crippen molar-refractivity contribution >= 4 is 5.91 Å². The van der Waals surface area contributed by atoms with Crippen LogP contribution in [0.2, 0.25) is 0 Å². The average Bonchev–Trinajstić information content (AvgIpc) is 2.51. The van der Waals surface area contributed by atoms with E-state index in [0.29, 0.717) is 19.8 Å². The second kappa shape index (κ2) is 7.75. The summed E-state index contributed by atoms with van der Waals surface area (Å²) in [4.78, 5) is 12.5. The first-order valence-corrected chi connectivity index (χ1v) is 8.25. The summed E-state index contributed by atoms with van der Waals surface area (Å²) < 4.78 is 5.48. The molecule has 1 saturated carbocycles. The van der Waals surface area contributed by atoms with Gasteiger partial charge >= 0.3 is 0 Å². The van der Waals surface area contributed by atoms with Crippen LogP contribution in [0.5, 0.6) is 0 Å². The smallest absolute Gasteiger partial charge is 0.225 e. The van der Waals surface area contributed by atoms with E-state index in [4.69, 9.17) is 10.5 Å². The van der Waals surface area contributed by atoms with Crippen LogP contribution in [0.3, 0.4) is 0 Å². The van der Waals surface area contributed by atoms with Crippen molar-refractivity contribution in [1.82, 2.24) is 5.32 Å². The van der Waals surface area contributed by atoms with Crippen molar-refractivity contribution < 1.29 is 9.53 Å². The number of hydrogen-bond donors (Lipinski definition) is 2. The Bertz CT molecular complexity index is 500. The van der Waals surface area contributed by atoms with Gasteiger partial charge in [-0.05, 0) is 37.8 Å². The summed E-state index contributed by atoms with van der Waals surface area (Å²) >= 11 is 0. The molecule has 122 valence electrons. The molecular formula is C18H28N2O2. The quantitative estimate of drug-likeness (QED) is 0.849. The zero-order valence-corrected chi connectivity index (χ0v) is 13.7. The Labute approximate surface area is 133 Å². The number of hydrogen-bond acceptors (Lipinski definition) is 3. The fourth-order valence-electron chi connectivity index (χ4n) is 3.18. The van der Waals surface area contributed by atoms with Crippen molar-refractivity contribution in [2.24, 2.45) is 11.7 Å². The number of carbonyl (C=O) groups excluding carboxylic acids is 1. The van der Waals surface area contributed by atoms with E-state index in [1.165, 1.54) is 0 Å². The van der Waals surface area contributed by atoms with Crippen molar-refractivity contribution in [1.29, 1.82) is 0 Å². The maximum atomic E-state index is 12.5. The Hall–Kier alpha value is -1.39. The molecule has 3 N–H and O–H groups in total. The topological polar surface area (TPSA) is 64.3 Å². The summed E-state index contributed by atoms with van der Waals surface area (Å²) in [7, 11) is 0. The Kier molecular flexibility index (Phi) is 5.98. The van der Waals surface area contributed by atoms with Gasteiger partial charge in [-0.25, -0.2) is 0 Å². The SMILES string of the molecule is CCOCc1ccccc1CNC(=O)C1CCCCC1(C)N. The molecule has 4 heteroatoms. The molecule has 2 unspecified atom stereocenters. The molecule has 1 amide bonds. The van der Waals surface area contributed by atoms with Gasteiger partial charge in [-0.2, -0.15) is 0 Å². The largest absolute Gasteiger partial charge is 0.377 e. The molecule has 2 atom stereocenters. The van der Waals surface area contributed by atoms with E-state index >= 15 is 0 Å². The molecule has 0 heterocycles. The van der Waals surface area contributed by atoms with Gasteiger partial charge in [-0.15, -0.1) is 0 Å². The highest BCUT2D eigenvalue weighted by molar-refractivity contribution is 5.80. The summed E-state index contributed by atoms with van der Waals surface area (Å²) in [5.74, 6) is -0.00350. The van der Waals surface area contributed by atoms with Crippen LogP contribution in [-0.2, 0) is 22.7 Å². The Morgan fingerprint density at radius 3 is 2.77 bits per heavy atom. The molecule has 1 aliphatic rings. The van der Waals surface area contributed by atoms with Gasteiger partial charge in [-0.1, -0.05) is 37.1 Å². The Morgan fingerprint density at radius 2 is 2.09 bits per heavy atom. The number of ether oxygens (including phenoxy) is 1. The molecule has 1 aliphatic carbocycles. The van der Waals surface area contributed by atoms with Crippen LogP contribution in [0.25, 0.3) is 0 Å². The lowest BCUT2D eigenvalue weighted by molar-refractivity contribution is -0.128. The van der Waals surface area contributed by atoms with E-state index in [-0.39, 0.29) is 17.4 Å². The van der Waals surface area contributed by atoms with Crippen LogP contribution in [0.1, 0.15) is 50.7 Å². The normalized spacial score (nSPS) is 25.0. The molecule has 1 fully saturated rings. The summed E-state index contributed by atoms with van der Waals surface area (Å²) in [5.41, 5.74) is 8.16. The lowest BCUT2D eigenvalue weighted by atomic mass is 9.74. The lowest BCUT2D eigenvalue weighted by Gasteiger charge is -2.37. The molecule has 0 aliphatic heterocycles. The van der Waals surface area contributed by atoms with Crippen molar-refractivity contribution in [3.63, 3.8) is 0 Å². The van der Waals surface area contributed by atoms with Gasteiger partial charge in [-0.3, -0.25) is 4.79 Å². The van der Waals surface area contributed by atoms with Crippen molar-refractivity contribution in [3.05, 3.63) is 35.4 Å². The zero-order valence-electron chi connectivity index (χ0n) is 13.7. The summed E-state index contributed by atoms with van der Waals surface area (Å²) in [6.07, 6.45) is 4.02. The molecule has 2 rings (SSSR count). The first-order valence-electron chi connectivity index (χ1n) is 8.25. The number of rotatable bonds is 6. The predicted molar refractivity (Wildman–Crippen MR) is 88.2 cm³/mol. The molecule has 1 aromatic rings. The highest BCUT2D eigenvalue weighted by atomic mass is 16.5. The van der Waals surface area contributed by atoms with E-state index in [9.17, 15) is 4.79 Å². The average molecular weight is 304 g/mol. The van der Waals surface area contributed by atoms with E-state index < -0.39 is 0 Å². The second-order valence-corrected chi connectivity index (χ2v) is 6.43. The monoisotopic (exact) mass is 304 g/mol. The fourth-order valence-corrected chi connectivity index (χ4v) is 3.18. The number of benzene rings is 1. The van der Waals surface area contributed by atoms with Crippen LogP contribution in [0.15, 0.2) is 24.3 Å². The van der Waals surface area contributed by atoms with E-state index in [0.717, 1.165) is 36.8 Å². The van der Waals surface area contributed by atoms with Gasteiger partial charge in [0.15, 0.2) is 0 Å². The van der Waals surface area contributed by atoms with Gasteiger partial charge in [0.05, 0.1) is 12.5 Å². The molecule has 0 spiro atoms. The maximum Gasteiger partial charge on any atom is 0.225 e. The second-order valence-electron chi connectivity index (χ2n) is 6.43. The standard InChI is InChI=1S/C18H28N2O2/c1-3-22-13-15-9-5-4-8-14(15)12-20-17(21)16-10-6-7-11-18(16,2)19/h4-5,8-9,16H,3,6-7,10-13,19H2,1-2H3,(H,20,21). The summed E-state index contributed by atoms with van der Waals surface area (Å²) in [5, 5.41) is 3.07. The molecular weight excluding hydrogens is 276 g/mol. The van der Waals surface area contributed by atoms with E-state index in [1.807, 2.05) is 38.1 Å².